The second-order valence-corrected chi connectivity index (χ2v) is 17.9. The summed E-state index contributed by atoms with van der Waals surface area (Å²) in [7, 11) is -3.93. The van der Waals surface area contributed by atoms with E-state index >= 15 is 0 Å². The van der Waals surface area contributed by atoms with Crippen molar-refractivity contribution in [2.45, 2.75) is 65.2 Å². The molecule has 2 fully saturated rings. The fourth-order valence-electron chi connectivity index (χ4n) is 6.49. The van der Waals surface area contributed by atoms with Gasteiger partial charge >= 0.3 is 34.3 Å². The standard InChI is InChI=1S/C43H41Cl3O18S/c1-55-41-34(64-65(53,54)58-24-43(44,45)46)32(48)31(47)29(59-41)22-57-42-36(63-40(52)28-20-12-5-13-21-28)35(62-39(51)27-18-10-4-11-19-27)33(61-38(50)26-16-8-3-9-17-26)30(60-42)23-56-37(49)25-14-6-2-7-15-25/h2-21,29-36,41-42,47-48H,22-24H2,1H3/t29-,30-,31-,32+,33+,34-,35+,36-,41+,42-/m1/s1. The molecule has 0 aromatic heterocycles. The number of ether oxygens (including phenoxy) is 8. The first-order valence-electron chi connectivity index (χ1n) is 19.5. The second kappa shape index (κ2) is 22.6. The second-order valence-electron chi connectivity index (χ2n) is 14.2. The highest BCUT2D eigenvalue weighted by molar-refractivity contribution is 7.81. The van der Waals surface area contributed by atoms with Gasteiger partial charge in [-0.1, -0.05) is 108 Å². The zero-order valence-electron chi connectivity index (χ0n) is 33.9. The largest absolute Gasteiger partial charge is 0.459 e. The summed E-state index contributed by atoms with van der Waals surface area (Å²) in [5.41, 5.74) is 0.294. The molecule has 0 aliphatic carbocycles. The van der Waals surface area contributed by atoms with Gasteiger partial charge in [0.15, 0.2) is 37.0 Å². The van der Waals surface area contributed by atoms with Crippen LogP contribution in [-0.4, -0.2) is 135 Å². The molecule has 4 aromatic carbocycles. The molecule has 2 heterocycles. The average Bonchev–Trinajstić information content (AvgIpc) is 3.31. The molecule has 0 bridgehead atoms. The molecule has 6 rings (SSSR count). The first-order valence-corrected chi connectivity index (χ1v) is 22.0. The molecule has 2 saturated heterocycles. The van der Waals surface area contributed by atoms with Gasteiger partial charge in [-0.25, -0.2) is 27.5 Å². The molecule has 0 unspecified atom stereocenters. The van der Waals surface area contributed by atoms with Crippen LogP contribution in [-0.2, 0) is 56.7 Å². The third-order valence-corrected chi connectivity index (χ3v) is 10.8. The summed E-state index contributed by atoms with van der Waals surface area (Å²) in [4.78, 5) is 54.8. The van der Waals surface area contributed by atoms with E-state index in [4.69, 9.17) is 76.9 Å². The van der Waals surface area contributed by atoms with Crippen molar-refractivity contribution in [3.8, 4) is 0 Å². The van der Waals surface area contributed by atoms with E-state index in [1.165, 1.54) is 48.5 Å². The van der Waals surface area contributed by atoms with Crippen molar-refractivity contribution in [3.05, 3.63) is 144 Å². The van der Waals surface area contributed by atoms with Gasteiger partial charge in [0.05, 0.1) is 28.9 Å². The lowest BCUT2D eigenvalue weighted by Gasteiger charge is -2.45. The van der Waals surface area contributed by atoms with Gasteiger partial charge in [-0.3, -0.25) is 0 Å². The molecule has 65 heavy (non-hydrogen) atoms. The van der Waals surface area contributed by atoms with Crippen molar-refractivity contribution in [2.24, 2.45) is 0 Å². The molecule has 0 spiro atoms. The number of aliphatic hydroxyl groups excluding tert-OH is 2. The summed E-state index contributed by atoms with van der Waals surface area (Å²) in [5, 5.41) is 22.3. The number of benzene rings is 4. The first kappa shape index (κ1) is 49.7. The minimum absolute atomic E-state index is 0.0343. The molecule has 348 valence electrons. The summed E-state index contributed by atoms with van der Waals surface area (Å²) >= 11 is 16.8. The van der Waals surface area contributed by atoms with E-state index in [1.54, 1.807) is 72.8 Å². The zero-order chi connectivity index (χ0) is 46.7. The Morgan fingerprint density at radius 2 is 1.00 bits per heavy atom. The molecule has 2 aliphatic rings. The Kier molecular flexibility index (Phi) is 17.3. The minimum atomic E-state index is -5.00. The predicted molar refractivity (Wildman–Crippen MR) is 226 cm³/mol. The number of carbonyl (C=O) groups is 4. The van der Waals surface area contributed by atoms with Crippen LogP contribution in [0.5, 0.6) is 0 Å². The van der Waals surface area contributed by atoms with Crippen LogP contribution in [0.2, 0.25) is 0 Å². The topological polar surface area (TPSA) is 235 Å². The molecule has 2 aliphatic heterocycles. The number of rotatable bonds is 17. The van der Waals surface area contributed by atoms with Crippen LogP contribution in [0.1, 0.15) is 41.4 Å². The highest BCUT2D eigenvalue weighted by atomic mass is 35.6. The number of aliphatic hydroxyl groups is 2. The van der Waals surface area contributed by atoms with E-state index in [2.05, 4.69) is 4.18 Å². The van der Waals surface area contributed by atoms with Crippen LogP contribution in [0.25, 0.3) is 0 Å². The average molecular weight is 984 g/mol. The molecule has 18 nitrogen and oxygen atoms in total. The molecular formula is C43H41Cl3O18S. The van der Waals surface area contributed by atoms with Gasteiger partial charge in [0, 0.05) is 7.11 Å². The van der Waals surface area contributed by atoms with Gasteiger partial charge in [-0.2, -0.15) is 8.42 Å². The lowest BCUT2D eigenvalue weighted by atomic mass is 9.97. The van der Waals surface area contributed by atoms with Crippen molar-refractivity contribution >= 4 is 69.1 Å². The van der Waals surface area contributed by atoms with Crippen molar-refractivity contribution in [1.29, 1.82) is 0 Å². The molecule has 0 amide bonds. The Morgan fingerprint density at radius 1 is 0.569 bits per heavy atom. The van der Waals surface area contributed by atoms with E-state index in [-0.39, 0.29) is 22.3 Å². The van der Waals surface area contributed by atoms with Gasteiger partial charge < -0.3 is 48.1 Å². The van der Waals surface area contributed by atoms with Crippen LogP contribution in [0, 0.1) is 0 Å². The Labute approximate surface area is 387 Å². The third-order valence-electron chi connectivity index (χ3n) is 9.63. The number of hydrogen-bond donors (Lipinski definition) is 2. The van der Waals surface area contributed by atoms with Crippen molar-refractivity contribution in [1.82, 2.24) is 0 Å². The van der Waals surface area contributed by atoms with Crippen LogP contribution in [0.4, 0.5) is 0 Å². The Morgan fingerprint density at radius 3 is 1.46 bits per heavy atom. The van der Waals surface area contributed by atoms with E-state index in [9.17, 15) is 37.8 Å². The molecule has 0 saturated carbocycles. The van der Waals surface area contributed by atoms with Gasteiger partial charge in [0.25, 0.3) is 0 Å². The third kappa shape index (κ3) is 13.7. The lowest BCUT2D eigenvalue weighted by Crippen LogP contribution is -2.64. The van der Waals surface area contributed by atoms with Crippen molar-refractivity contribution in [2.75, 3.05) is 26.9 Å². The predicted octanol–water partition coefficient (Wildman–Crippen LogP) is 4.37. The van der Waals surface area contributed by atoms with Crippen LogP contribution < -0.4 is 0 Å². The molecule has 22 heteroatoms. The highest BCUT2D eigenvalue weighted by Crippen LogP contribution is 2.34. The fourth-order valence-corrected chi connectivity index (χ4v) is 7.70. The highest BCUT2D eigenvalue weighted by Gasteiger charge is 2.55. The van der Waals surface area contributed by atoms with E-state index in [0.717, 1.165) is 7.11 Å². The van der Waals surface area contributed by atoms with E-state index in [1.807, 2.05) is 0 Å². The lowest BCUT2D eigenvalue weighted by molar-refractivity contribution is -0.324. The Balaban J connectivity index is 1.35. The summed E-state index contributed by atoms with van der Waals surface area (Å²) < 4.78 is 79.5. The van der Waals surface area contributed by atoms with Crippen LogP contribution in [0.15, 0.2) is 121 Å². The van der Waals surface area contributed by atoms with Crippen LogP contribution in [0.3, 0.4) is 0 Å². The number of alkyl halides is 3. The van der Waals surface area contributed by atoms with E-state index < -0.39 is 119 Å². The van der Waals surface area contributed by atoms with Gasteiger partial charge in [0.1, 0.15) is 37.6 Å². The normalized spacial score (nSPS) is 25.8. The Bertz CT molecular complexity index is 2310. The van der Waals surface area contributed by atoms with Crippen molar-refractivity contribution in [3.63, 3.8) is 0 Å². The molecule has 4 aromatic rings. The number of carbonyl (C=O) groups excluding carboxylic acids is 4. The number of methoxy groups -OCH3 is 1. The van der Waals surface area contributed by atoms with Gasteiger partial charge in [-0.15, -0.1) is 0 Å². The van der Waals surface area contributed by atoms with Gasteiger partial charge in [-0.05, 0) is 48.5 Å². The summed E-state index contributed by atoms with van der Waals surface area (Å²) in [6, 6.07) is 30.9. The first-order chi connectivity index (χ1) is 31.0. The minimum Gasteiger partial charge on any atom is -0.459 e. The van der Waals surface area contributed by atoms with Crippen LogP contribution >= 0.6 is 34.8 Å². The number of hydrogen-bond acceptors (Lipinski definition) is 18. The molecular weight excluding hydrogens is 943 g/mol. The van der Waals surface area contributed by atoms with Gasteiger partial charge in [0.2, 0.25) is 3.79 Å². The van der Waals surface area contributed by atoms with Crippen molar-refractivity contribution < 1.29 is 84.1 Å². The SMILES string of the molecule is CO[C@H]1O[C@H](CO[C@@H]2O[C@H](COC(=O)c3ccccc3)[C@H](OC(=O)c3ccccc3)[C@H](OC(=O)c3ccccc3)[C@H]2OC(=O)c2ccccc2)[C@@H](O)[C@H](O)[C@H]1OS(=O)(=O)OCC(Cl)(Cl)Cl. The molecule has 0 radical (unpaired) electrons. The quantitative estimate of drug-likeness (QED) is 0.0849. The zero-order valence-corrected chi connectivity index (χ0v) is 37.0. The monoisotopic (exact) mass is 982 g/mol. The maximum Gasteiger partial charge on any atom is 0.400 e. The fraction of sp³-hybridized carbons (Fsp3) is 0.349. The molecule has 10 atom stereocenters. The summed E-state index contributed by atoms with van der Waals surface area (Å²) in [6.07, 6.45) is -18.0. The maximum atomic E-state index is 13.9. The number of esters is 4. The summed E-state index contributed by atoms with van der Waals surface area (Å²) in [6.45, 7) is -2.40. The maximum absolute atomic E-state index is 13.9. The summed E-state index contributed by atoms with van der Waals surface area (Å²) in [5.74, 6) is -3.68. The van der Waals surface area contributed by atoms with E-state index in [0.29, 0.717) is 0 Å². The smallest absolute Gasteiger partial charge is 0.400 e. The molecule has 2 N–H and O–H groups in total. The number of halogens is 3. The Hall–Kier alpha value is -4.74.